The van der Waals surface area contributed by atoms with Crippen molar-refractivity contribution in [3.05, 3.63) is 42.1 Å². The predicted octanol–water partition coefficient (Wildman–Crippen LogP) is 4.04. The molecule has 4 heteroatoms. The normalized spacial score (nSPS) is 10.8. The topological polar surface area (TPSA) is 43.1 Å². The maximum absolute atomic E-state index is 11.1. The summed E-state index contributed by atoms with van der Waals surface area (Å²) in [6.07, 6.45) is 3.38. The number of furan rings is 1. The van der Waals surface area contributed by atoms with Crippen LogP contribution < -0.4 is 0 Å². The first-order valence-corrected chi connectivity index (χ1v) is 6.40. The van der Waals surface area contributed by atoms with Crippen LogP contribution in [-0.4, -0.2) is 8.77 Å². The fourth-order valence-corrected chi connectivity index (χ4v) is 1.82. The third-order valence-electron chi connectivity index (χ3n) is 2.50. The summed E-state index contributed by atoms with van der Waals surface area (Å²) in [5.74, 6) is 0.760. The highest BCUT2D eigenvalue weighted by molar-refractivity contribution is 14.1. The number of carbonyl (C=O) groups excluding carboxylic acids is 1. The predicted molar refractivity (Wildman–Crippen MR) is 74.4 cm³/mol. The lowest BCUT2D eigenvalue weighted by Gasteiger charge is -2.05. The molecule has 0 spiro atoms. The van der Waals surface area contributed by atoms with Crippen molar-refractivity contribution >= 4 is 26.4 Å². The zero-order valence-corrected chi connectivity index (χ0v) is 11.8. The Labute approximate surface area is 113 Å². The van der Waals surface area contributed by atoms with Gasteiger partial charge in [0.1, 0.15) is 0 Å². The van der Waals surface area contributed by atoms with Crippen molar-refractivity contribution in [2.45, 2.75) is 19.8 Å². The van der Waals surface area contributed by atoms with Crippen molar-refractivity contribution in [1.82, 2.24) is 4.98 Å². The van der Waals surface area contributed by atoms with Gasteiger partial charge in [-0.15, -0.1) is 0 Å². The summed E-state index contributed by atoms with van der Waals surface area (Å²) in [5, 5.41) is 0. The van der Waals surface area contributed by atoms with E-state index >= 15 is 0 Å². The number of hydrogen-bond acceptors (Lipinski definition) is 3. The molecule has 0 aliphatic carbocycles. The van der Waals surface area contributed by atoms with Crippen molar-refractivity contribution < 1.29 is 9.21 Å². The van der Waals surface area contributed by atoms with Gasteiger partial charge >= 0.3 is 0 Å². The highest BCUT2D eigenvalue weighted by atomic mass is 127. The van der Waals surface area contributed by atoms with Gasteiger partial charge in [-0.1, -0.05) is 13.8 Å². The summed E-state index contributed by atoms with van der Waals surface area (Å²) in [7, 11) is 0. The average Bonchev–Trinajstić information content (AvgIpc) is 2.78. The van der Waals surface area contributed by atoms with Gasteiger partial charge in [-0.05, 0) is 29.7 Å². The fraction of sp³-hybridized carbons (Fsp3) is 0.231. The molecule has 0 aliphatic rings. The Hall–Kier alpha value is -1.17. The second kappa shape index (κ2) is 5.00. The number of carbonyl (C=O) groups is 1. The molecule has 3 nitrogen and oxygen atoms in total. The monoisotopic (exact) mass is 341 g/mol. The average molecular weight is 341 g/mol. The molecule has 0 saturated carbocycles. The minimum absolute atomic E-state index is 0.0908. The van der Waals surface area contributed by atoms with Crippen LogP contribution in [0.1, 0.15) is 36.0 Å². The van der Waals surface area contributed by atoms with E-state index in [1.165, 1.54) is 0 Å². The molecule has 0 aromatic carbocycles. The molecule has 2 rings (SSSR count). The molecule has 88 valence electrons. The van der Waals surface area contributed by atoms with Crippen molar-refractivity contribution in [1.29, 1.82) is 0 Å². The van der Waals surface area contributed by atoms with Crippen molar-refractivity contribution in [3.8, 4) is 11.1 Å². The summed E-state index contributed by atoms with van der Waals surface area (Å²) < 4.78 is 5.11. The Bertz CT molecular complexity index is 546. The summed E-state index contributed by atoms with van der Waals surface area (Å²) in [5.41, 5.74) is 2.97. The van der Waals surface area contributed by atoms with Crippen molar-refractivity contribution in [3.63, 3.8) is 0 Å². The van der Waals surface area contributed by atoms with Gasteiger partial charge in [0.25, 0.3) is 3.79 Å². The van der Waals surface area contributed by atoms with Crippen LogP contribution in [0.5, 0.6) is 0 Å². The molecule has 0 amide bonds. The molecule has 2 aromatic rings. The van der Waals surface area contributed by atoms with E-state index in [9.17, 15) is 4.79 Å². The molecule has 0 saturated heterocycles. The molecule has 2 aromatic heterocycles. The van der Waals surface area contributed by atoms with E-state index in [4.69, 9.17) is 4.42 Å². The van der Waals surface area contributed by atoms with E-state index in [-0.39, 0.29) is 3.79 Å². The molecule has 0 aliphatic heterocycles. The highest BCUT2D eigenvalue weighted by Gasteiger charge is 2.10. The third-order valence-corrected chi connectivity index (χ3v) is 3.03. The first-order valence-electron chi connectivity index (χ1n) is 5.32. The number of halogens is 1. The van der Waals surface area contributed by atoms with Gasteiger partial charge < -0.3 is 4.42 Å². The van der Waals surface area contributed by atoms with E-state index in [0.29, 0.717) is 11.7 Å². The lowest BCUT2D eigenvalue weighted by molar-refractivity contribution is 0.108. The number of hydrogen-bond donors (Lipinski definition) is 0. The number of pyridine rings is 1. The largest absolute Gasteiger partial charge is 0.460 e. The number of nitrogens with zero attached hydrogens (tertiary/aromatic N) is 1. The molecule has 0 fully saturated rings. The van der Waals surface area contributed by atoms with Gasteiger partial charge in [0.15, 0.2) is 5.76 Å². The Morgan fingerprint density at radius 3 is 2.71 bits per heavy atom. The first-order chi connectivity index (χ1) is 8.08. The highest BCUT2D eigenvalue weighted by Crippen LogP contribution is 2.25. The third kappa shape index (κ3) is 2.74. The van der Waals surface area contributed by atoms with Crippen LogP contribution in [0, 0.1) is 0 Å². The van der Waals surface area contributed by atoms with E-state index in [1.807, 2.05) is 12.1 Å². The smallest absolute Gasteiger partial charge is 0.257 e. The van der Waals surface area contributed by atoms with Crippen LogP contribution in [0.4, 0.5) is 0 Å². The molecule has 0 unspecified atom stereocenters. The lowest BCUT2D eigenvalue weighted by Crippen LogP contribution is -1.91. The quantitative estimate of drug-likeness (QED) is 0.625. The van der Waals surface area contributed by atoms with Crippen molar-refractivity contribution in [2.75, 3.05) is 0 Å². The van der Waals surface area contributed by atoms with Gasteiger partial charge in [0, 0.05) is 40.0 Å². The first kappa shape index (κ1) is 12.3. The minimum atomic E-state index is -0.0908. The van der Waals surface area contributed by atoms with E-state index in [2.05, 4.69) is 18.8 Å². The second-order valence-corrected chi connectivity index (χ2v) is 5.08. The molecule has 0 atom stereocenters. The standard InChI is InChI=1S/C13H12INO2/c1-8(2)11-5-9(3-4-15-11)10-6-12(13(14)16)17-7-10/h3-8H,1-2H3. The van der Waals surface area contributed by atoms with Gasteiger partial charge in [-0.2, -0.15) is 0 Å². The van der Waals surface area contributed by atoms with Crippen molar-refractivity contribution in [2.24, 2.45) is 0 Å². The Balaban J connectivity index is 2.38. The van der Waals surface area contributed by atoms with Gasteiger partial charge in [0.2, 0.25) is 0 Å². The molecule has 2 heterocycles. The summed E-state index contributed by atoms with van der Waals surface area (Å²) >= 11 is 1.71. The van der Waals surface area contributed by atoms with Gasteiger partial charge in [-0.25, -0.2) is 0 Å². The molecule has 17 heavy (non-hydrogen) atoms. The lowest BCUT2D eigenvalue weighted by atomic mass is 10.0. The van der Waals surface area contributed by atoms with Crippen LogP contribution in [-0.2, 0) is 0 Å². The van der Waals surface area contributed by atoms with Gasteiger partial charge in [-0.3, -0.25) is 9.78 Å². The van der Waals surface area contributed by atoms with E-state index in [0.717, 1.165) is 16.8 Å². The maximum atomic E-state index is 11.1. The SMILES string of the molecule is CC(C)c1cc(-c2coc(C(=O)I)c2)ccn1. The van der Waals surface area contributed by atoms with Crippen LogP contribution in [0.25, 0.3) is 11.1 Å². The van der Waals surface area contributed by atoms with E-state index < -0.39 is 0 Å². The van der Waals surface area contributed by atoms with Crippen LogP contribution >= 0.6 is 22.6 Å². The second-order valence-electron chi connectivity index (χ2n) is 4.10. The van der Waals surface area contributed by atoms with Crippen LogP contribution in [0.2, 0.25) is 0 Å². The van der Waals surface area contributed by atoms with Crippen LogP contribution in [0.3, 0.4) is 0 Å². The summed E-state index contributed by atoms with van der Waals surface area (Å²) in [6.45, 7) is 4.20. The maximum Gasteiger partial charge on any atom is 0.257 e. The van der Waals surface area contributed by atoms with Crippen LogP contribution in [0.15, 0.2) is 35.1 Å². The Kier molecular flexibility index (Phi) is 3.61. The molecule has 0 radical (unpaired) electrons. The Morgan fingerprint density at radius 2 is 2.12 bits per heavy atom. The molecular formula is C13H12INO2. The molecular weight excluding hydrogens is 329 g/mol. The summed E-state index contributed by atoms with van der Waals surface area (Å²) in [6, 6.07) is 5.70. The number of aromatic nitrogens is 1. The Morgan fingerprint density at radius 1 is 1.35 bits per heavy atom. The molecule has 0 N–H and O–H groups in total. The number of rotatable bonds is 3. The van der Waals surface area contributed by atoms with Gasteiger partial charge in [0.05, 0.1) is 6.26 Å². The zero-order chi connectivity index (χ0) is 12.4. The molecule has 0 bridgehead atoms. The van der Waals surface area contributed by atoms with E-state index in [1.54, 1.807) is 41.1 Å². The zero-order valence-electron chi connectivity index (χ0n) is 9.61. The summed E-state index contributed by atoms with van der Waals surface area (Å²) in [4.78, 5) is 15.5. The fourth-order valence-electron chi connectivity index (χ4n) is 1.53. The minimum Gasteiger partial charge on any atom is -0.460 e.